The van der Waals surface area contributed by atoms with E-state index in [0.29, 0.717) is 6.54 Å². The number of ether oxygens (including phenoxy) is 2. The zero-order valence-electron chi connectivity index (χ0n) is 23.2. The molecule has 0 spiro atoms. The van der Waals surface area contributed by atoms with E-state index in [2.05, 4.69) is 20.0 Å². The molecule has 1 N–H and O–H groups in total. The van der Waals surface area contributed by atoms with E-state index in [1.807, 2.05) is 6.92 Å². The van der Waals surface area contributed by atoms with Gasteiger partial charge in [0.25, 0.3) is 0 Å². The fraction of sp³-hybridized carbons (Fsp3) is 0.310. The highest BCUT2D eigenvalue weighted by atomic mass is 32.2. The molecule has 0 radical (unpaired) electrons. The van der Waals surface area contributed by atoms with Gasteiger partial charge >= 0.3 is 5.97 Å². The molecule has 0 aliphatic carbocycles. The van der Waals surface area contributed by atoms with Crippen LogP contribution >= 0.6 is 0 Å². The Morgan fingerprint density at radius 3 is 2.43 bits per heavy atom. The van der Waals surface area contributed by atoms with Crippen molar-refractivity contribution in [1.82, 2.24) is 9.97 Å². The number of nitrogens with zero attached hydrogens (tertiary/aromatic N) is 2. The lowest BCUT2D eigenvalue weighted by Crippen LogP contribution is -2.29. The van der Waals surface area contributed by atoms with Gasteiger partial charge in [-0.1, -0.05) is 31.2 Å². The molecule has 0 bridgehead atoms. The van der Waals surface area contributed by atoms with E-state index < -0.39 is 54.9 Å². The first-order chi connectivity index (χ1) is 19.7. The van der Waals surface area contributed by atoms with Gasteiger partial charge in [0.1, 0.15) is 28.0 Å². The Morgan fingerprint density at radius 1 is 1.10 bits per heavy atom. The largest absolute Gasteiger partial charge is 0.477 e. The van der Waals surface area contributed by atoms with Crippen LogP contribution in [0.25, 0.3) is 11.3 Å². The molecule has 1 atom stereocenters. The second-order valence-electron chi connectivity index (χ2n) is 10.3. The fourth-order valence-electron chi connectivity index (χ4n) is 4.40. The van der Waals surface area contributed by atoms with Crippen LogP contribution in [0.15, 0.2) is 53.6 Å². The maximum atomic E-state index is 15.9. The predicted octanol–water partition coefficient (Wildman–Crippen LogP) is 4.73. The van der Waals surface area contributed by atoms with Gasteiger partial charge in [0.05, 0.1) is 18.4 Å². The van der Waals surface area contributed by atoms with Crippen molar-refractivity contribution in [2.75, 3.05) is 19.0 Å². The third kappa shape index (κ3) is 6.30. The average Bonchev–Trinajstić information content (AvgIpc) is 3.17. The predicted molar refractivity (Wildman–Crippen MR) is 147 cm³/mol. The molecule has 42 heavy (non-hydrogen) atoms. The van der Waals surface area contributed by atoms with E-state index in [4.69, 9.17) is 4.74 Å². The molecule has 13 heteroatoms. The van der Waals surface area contributed by atoms with E-state index in [-0.39, 0.29) is 46.8 Å². The topological polar surface area (TPSA) is 125 Å². The molecule has 4 rings (SSSR count). The van der Waals surface area contributed by atoms with E-state index in [1.165, 1.54) is 45.4 Å². The van der Waals surface area contributed by atoms with E-state index in [1.54, 1.807) is 0 Å². The molecule has 0 amide bonds. The zero-order valence-corrected chi connectivity index (χ0v) is 24.0. The number of aromatic nitrogens is 2. The Hall–Kier alpha value is -4.26. The number of halogens is 3. The summed E-state index contributed by atoms with van der Waals surface area (Å²) in [6.07, 6.45) is 1.57. The van der Waals surface area contributed by atoms with Crippen LogP contribution in [0.5, 0.6) is 0 Å². The molecule has 0 fully saturated rings. The van der Waals surface area contributed by atoms with Gasteiger partial charge < -0.3 is 14.8 Å². The van der Waals surface area contributed by atoms with Gasteiger partial charge in [-0.05, 0) is 38.0 Å². The number of carbonyl (C=O) groups excluding carboxylic acids is 2. The number of esters is 1. The number of hydrogen-bond acceptors (Lipinski definition) is 9. The molecule has 9 nitrogen and oxygen atoms in total. The lowest BCUT2D eigenvalue weighted by atomic mass is 9.92. The minimum Gasteiger partial charge on any atom is -0.477 e. The fourth-order valence-corrected chi connectivity index (χ4v) is 5.91. The van der Waals surface area contributed by atoms with Crippen LogP contribution in [0.3, 0.4) is 0 Å². The third-order valence-corrected chi connectivity index (χ3v) is 8.22. The Bertz CT molecular complexity index is 1670. The maximum absolute atomic E-state index is 15.9. The van der Waals surface area contributed by atoms with Crippen molar-refractivity contribution < 1.29 is 40.7 Å². The summed E-state index contributed by atoms with van der Waals surface area (Å²) in [5.74, 6) is -5.70. The summed E-state index contributed by atoms with van der Waals surface area (Å²) in [5.41, 5.74) is -2.11. The first-order valence-corrected chi connectivity index (χ1v) is 14.5. The van der Waals surface area contributed by atoms with Crippen molar-refractivity contribution in [2.24, 2.45) is 5.92 Å². The maximum Gasteiger partial charge on any atom is 0.305 e. The van der Waals surface area contributed by atoms with Crippen molar-refractivity contribution >= 4 is 38.9 Å². The van der Waals surface area contributed by atoms with Crippen molar-refractivity contribution in [1.29, 1.82) is 0 Å². The van der Waals surface area contributed by atoms with Crippen LogP contribution in [0.4, 0.5) is 19.1 Å². The SMILES string of the molecule is COC(=O)C[C@@H](C)CNc1nccc(C2=C(c3cccc(CS(=O)(=O)c4c(F)cccc4F)c3F)C(=O)C(C)(C)O2)n1. The Kier molecular flexibility index (Phi) is 8.71. The highest BCUT2D eigenvalue weighted by Gasteiger charge is 2.44. The van der Waals surface area contributed by atoms with Crippen LogP contribution in [-0.2, 0) is 34.7 Å². The average molecular weight is 604 g/mol. The monoisotopic (exact) mass is 603 g/mol. The summed E-state index contributed by atoms with van der Waals surface area (Å²) in [7, 11) is -3.35. The van der Waals surface area contributed by atoms with Crippen LogP contribution < -0.4 is 5.32 Å². The van der Waals surface area contributed by atoms with Crippen molar-refractivity contribution in [3.05, 3.63) is 82.9 Å². The first-order valence-electron chi connectivity index (χ1n) is 12.8. The highest BCUT2D eigenvalue weighted by Crippen LogP contribution is 2.42. The molecule has 2 heterocycles. The second kappa shape index (κ2) is 11.9. The molecule has 0 unspecified atom stereocenters. The number of anilines is 1. The third-order valence-electron chi connectivity index (χ3n) is 6.52. The van der Waals surface area contributed by atoms with Crippen molar-refractivity contribution in [2.45, 2.75) is 43.4 Å². The van der Waals surface area contributed by atoms with Gasteiger partial charge in [0.15, 0.2) is 21.2 Å². The van der Waals surface area contributed by atoms with Gasteiger partial charge in [-0.2, -0.15) is 0 Å². The summed E-state index contributed by atoms with van der Waals surface area (Å²) in [4.78, 5) is 32.3. The number of sulfone groups is 1. The molecule has 0 saturated heterocycles. The Labute approximate surface area is 240 Å². The number of methoxy groups -OCH3 is 1. The first kappa shape index (κ1) is 30.7. The summed E-state index contributed by atoms with van der Waals surface area (Å²) >= 11 is 0. The van der Waals surface area contributed by atoms with Crippen molar-refractivity contribution in [3.63, 3.8) is 0 Å². The van der Waals surface area contributed by atoms with Gasteiger partial charge in [0, 0.05) is 30.3 Å². The molecular formula is C29H28F3N3O6S. The second-order valence-corrected chi connectivity index (χ2v) is 12.2. The molecule has 3 aromatic rings. The van der Waals surface area contributed by atoms with E-state index >= 15 is 4.39 Å². The molecule has 2 aromatic carbocycles. The Morgan fingerprint density at radius 2 is 1.76 bits per heavy atom. The number of carbonyl (C=O) groups is 2. The van der Waals surface area contributed by atoms with Crippen molar-refractivity contribution in [3.8, 4) is 0 Å². The highest BCUT2D eigenvalue weighted by molar-refractivity contribution is 7.90. The minimum absolute atomic E-state index is 0.0582. The minimum atomic E-state index is -4.65. The van der Waals surface area contributed by atoms with Crippen LogP contribution in [0, 0.1) is 23.4 Å². The molecule has 1 aliphatic heterocycles. The summed E-state index contributed by atoms with van der Waals surface area (Å²) in [6, 6.07) is 7.83. The Balaban J connectivity index is 1.72. The summed E-state index contributed by atoms with van der Waals surface area (Å²) < 4.78 is 80.8. The molecule has 1 aliphatic rings. The van der Waals surface area contributed by atoms with E-state index in [9.17, 15) is 26.8 Å². The standard InChI is InChI=1S/C29H28F3N3O6S/c1-16(13-22(36)40-4)14-34-28-33-12-11-21(35-28)25-23(27(37)29(2,3)41-25)18-8-5-7-17(24(18)32)15-42(38,39)26-19(30)9-6-10-20(26)31/h5-12,16H,13-15H2,1-4H3,(H,33,34,35)/t16-/m1/s1. The lowest BCUT2D eigenvalue weighted by molar-refractivity contribution is -0.141. The van der Waals surface area contributed by atoms with Crippen LogP contribution in [0.1, 0.15) is 44.0 Å². The number of hydrogen-bond donors (Lipinski definition) is 1. The van der Waals surface area contributed by atoms with E-state index in [0.717, 1.165) is 24.3 Å². The zero-order chi connectivity index (χ0) is 30.8. The number of nitrogens with one attached hydrogen (secondary N) is 1. The number of Topliss-reactive ketones (excluding diaryl/α,β-unsaturated/α-hetero) is 1. The quantitative estimate of drug-likeness (QED) is 0.328. The number of ketones is 1. The molecular weight excluding hydrogens is 575 g/mol. The van der Waals surface area contributed by atoms with Crippen LogP contribution in [-0.4, -0.2) is 49.4 Å². The number of rotatable bonds is 10. The molecule has 0 saturated carbocycles. The molecule has 222 valence electrons. The van der Waals surface area contributed by atoms with Gasteiger partial charge in [-0.25, -0.2) is 31.6 Å². The summed E-state index contributed by atoms with van der Waals surface area (Å²) in [6.45, 7) is 5.13. The smallest absolute Gasteiger partial charge is 0.305 e. The van der Waals surface area contributed by atoms with Gasteiger partial charge in [-0.15, -0.1) is 0 Å². The number of benzene rings is 2. The lowest BCUT2D eigenvalue weighted by Gasteiger charge is -2.17. The van der Waals surface area contributed by atoms with Gasteiger partial charge in [0.2, 0.25) is 11.7 Å². The molecule has 1 aromatic heterocycles. The van der Waals surface area contributed by atoms with Gasteiger partial charge in [-0.3, -0.25) is 9.59 Å². The normalized spacial score (nSPS) is 15.4. The summed E-state index contributed by atoms with van der Waals surface area (Å²) in [5, 5.41) is 3.00. The van der Waals surface area contributed by atoms with Crippen LogP contribution in [0.2, 0.25) is 0 Å².